The minimum Gasteiger partial charge on any atom is -0.475 e. The number of fused-ring (bicyclic) bond motifs is 1. The van der Waals surface area contributed by atoms with Gasteiger partial charge in [0.1, 0.15) is 11.5 Å². The van der Waals surface area contributed by atoms with Gasteiger partial charge in [-0.2, -0.15) is 13.2 Å². The molecule has 3 saturated heterocycles. The number of rotatable bonds is 2. The minimum absolute atomic E-state index is 0.205. The van der Waals surface area contributed by atoms with Crippen molar-refractivity contribution < 1.29 is 37.0 Å². The van der Waals surface area contributed by atoms with E-state index in [-0.39, 0.29) is 6.03 Å². The maximum absolute atomic E-state index is 12.8. The van der Waals surface area contributed by atoms with Crippen LogP contribution in [-0.2, 0) is 16.1 Å². The van der Waals surface area contributed by atoms with E-state index in [1.807, 2.05) is 17.9 Å². The second kappa shape index (κ2) is 9.25. The molecule has 3 aliphatic rings. The van der Waals surface area contributed by atoms with Crippen molar-refractivity contribution in [3.05, 3.63) is 23.7 Å². The summed E-state index contributed by atoms with van der Waals surface area (Å²) in [6.45, 7) is 7.53. The zero-order chi connectivity index (χ0) is 21.9. The number of alkyl halides is 3. The fourth-order valence-electron chi connectivity index (χ4n) is 4.22. The van der Waals surface area contributed by atoms with Gasteiger partial charge >= 0.3 is 18.2 Å². The number of nitrogens with zero attached hydrogens (tertiary/aromatic N) is 3. The molecule has 11 heteroatoms. The van der Waals surface area contributed by atoms with Crippen LogP contribution in [0.15, 0.2) is 16.5 Å². The van der Waals surface area contributed by atoms with E-state index in [1.54, 1.807) is 0 Å². The van der Waals surface area contributed by atoms with E-state index in [0.29, 0.717) is 25.3 Å². The van der Waals surface area contributed by atoms with E-state index in [1.165, 1.54) is 0 Å². The highest BCUT2D eigenvalue weighted by atomic mass is 19.4. The van der Waals surface area contributed by atoms with Crippen LogP contribution in [0, 0.1) is 6.92 Å². The topological polar surface area (TPSA) is 86.5 Å². The van der Waals surface area contributed by atoms with Crippen molar-refractivity contribution in [3.8, 4) is 0 Å². The molecule has 1 aromatic heterocycles. The van der Waals surface area contributed by atoms with Crippen LogP contribution in [-0.4, -0.2) is 89.5 Å². The lowest BCUT2D eigenvalue weighted by Gasteiger charge is -2.33. The molecule has 1 N–H and O–H groups in total. The first-order valence-electron chi connectivity index (χ1n) is 9.89. The van der Waals surface area contributed by atoms with Gasteiger partial charge < -0.3 is 24.1 Å². The van der Waals surface area contributed by atoms with Crippen LogP contribution in [0.3, 0.4) is 0 Å². The molecule has 0 spiro atoms. The zero-order valence-corrected chi connectivity index (χ0v) is 16.7. The summed E-state index contributed by atoms with van der Waals surface area (Å²) >= 11 is 0. The van der Waals surface area contributed by atoms with Crippen LogP contribution in [0.25, 0.3) is 0 Å². The maximum atomic E-state index is 12.8. The molecule has 0 radical (unpaired) electrons. The number of amides is 2. The Morgan fingerprint density at radius 1 is 1.10 bits per heavy atom. The molecular formula is C19H26F3N3O5. The number of hydrogen-bond donors (Lipinski definition) is 1. The van der Waals surface area contributed by atoms with Crippen LogP contribution < -0.4 is 0 Å². The van der Waals surface area contributed by atoms with Gasteiger partial charge in [-0.1, -0.05) is 0 Å². The maximum Gasteiger partial charge on any atom is 0.490 e. The number of carboxylic acids is 1. The number of hydrogen-bond acceptors (Lipinski definition) is 5. The number of furan rings is 1. The number of carbonyl (C=O) groups is 2. The monoisotopic (exact) mass is 433 g/mol. The van der Waals surface area contributed by atoms with Crippen LogP contribution in [0.4, 0.5) is 18.0 Å². The predicted molar refractivity (Wildman–Crippen MR) is 98.8 cm³/mol. The van der Waals surface area contributed by atoms with Gasteiger partial charge in [0.05, 0.1) is 25.8 Å². The average Bonchev–Trinajstić information content (AvgIpc) is 3.40. The van der Waals surface area contributed by atoms with Crippen LogP contribution in [0.2, 0.25) is 0 Å². The molecule has 0 bridgehead atoms. The molecule has 1 aromatic rings. The molecule has 2 amide bonds. The van der Waals surface area contributed by atoms with E-state index < -0.39 is 12.1 Å². The largest absolute Gasteiger partial charge is 0.490 e. The van der Waals surface area contributed by atoms with Crippen molar-refractivity contribution in [2.45, 2.75) is 44.6 Å². The Hall–Kier alpha value is -2.27. The Kier molecular flexibility index (Phi) is 6.91. The van der Waals surface area contributed by atoms with Gasteiger partial charge in [-0.15, -0.1) is 0 Å². The molecule has 8 nitrogen and oxygen atoms in total. The summed E-state index contributed by atoms with van der Waals surface area (Å²) in [4.78, 5) is 28.2. The smallest absolute Gasteiger partial charge is 0.475 e. The van der Waals surface area contributed by atoms with Crippen molar-refractivity contribution in [2.75, 3.05) is 39.4 Å². The second-order valence-electron chi connectivity index (χ2n) is 7.57. The molecule has 3 fully saturated rings. The summed E-state index contributed by atoms with van der Waals surface area (Å²) in [6.07, 6.45) is -2.94. The third-order valence-corrected chi connectivity index (χ3v) is 5.62. The van der Waals surface area contributed by atoms with E-state index >= 15 is 0 Å². The van der Waals surface area contributed by atoms with Gasteiger partial charge in [0.2, 0.25) is 0 Å². The van der Waals surface area contributed by atoms with Gasteiger partial charge in [0.15, 0.2) is 0 Å². The molecule has 4 heterocycles. The van der Waals surface area contributed by atoms with Crippen molar-refractivity contribution in [1.29, 1.82) is 0 Å². The highest BCUT2D eigenvalue weighted by Crippen LogP contribution is 2.33. The molecule has 4 rings (SSSR count). The van der Waals surface area contributed by atoms with Crippen molar-refractivity contribution in [3.63, 3.8) is 0 Å². The average molecular weight is 433 g/mol. The highest BCUT2D eigenvalue weighted by Gasteiger charge is 2.45. The van der Waals surface area contributed by atoms with Gasteiger partial charge in [-0.3, -0.25) is 4.90 Å². The predicted octanol–water partition coefficient (Wildman–Crippen LogP) is 2.32. The number of carboxylic acid groups (broad SMARTS) is 1. The number of morpholine rings is 1. The van der Waals surface area contributed by atoms with E-state index in [2.05, 4.69) is 15.9 Å². The van der Waals surface area contributed by atoms with Crippen LogP contribution in [0.5, 0.6) is 0 Å². The summed E-state index contributed by atoms with van der Waals surface area (Å²) in [5, 5.41) is 7.12. The fourth-order valence-corrected chi connectivity index (χ4v) is 4.22. The van der Waals surface area contributed by atoms with E-state index in [9.17, 15) is 18.0 Å². The van der Waals surface area contributed by atoms with Crippen LogP contribution in [0.1, 0.15) is 24.4 Å². The number of likely N-dealkylation sites (tertiary alicyclic amines) is 2. The number of carbonyl (C=O) groups excluding carboxylic acids is 1. The van der Waals surface area contributed by atoms with Crippen molar-refractivity contribution >= 4 is 12.0 Å². The molecule has 0 unspecified atom stereocenters. The Morgan fingerprint density at radius 2 is 1.73 bits per heavy atom. The Bertz CT molecular complexity index is 748. The first-order valence-corrected chi connectivity index (χ1v) is 9.89. The standard InChI is InChI=1S/C17H25N3O3.C2HF3O2/c1-13-2-3-14(23-13)12-19-6-4-16-15(19)5-7-20(16)17(21)18-8-10-22-11-9-18;3-2(4,5)1(6)7/h2-3,15-16H,4-12H2,1H3;(H,6,7)/t15-,16+;/m0./s1. The van der Waals surface area contributed by atoms with Gasteiger partial charge in [-0.05, 0) is 31.9 Å². The summed E-state index contributed by atoms with van der Waals surface area (Å²) in [7, 11) is 0. The quantitative estimate of drug-likeness (QED) is 0.771. The van der Waals surface area contributed by atoms with E-state index in [4.69, 9.17) is 19.1 Å². The molecule has 2 atom stereocenters. The summed E-state index contributed by atoms with van der Waals surface area (Å²) < 4.78 is 42.8. The SMILES string of the molecule is Cc1ccc(CN2CC[C@@H]3[C@@H]2CCN3C(=O)N2CCOCC2)o1.O=C(O)C(F)(F)F. The normalized spacial score (nSPS) is 24.4. The first-order chi connectivity index (χ1) is 14.2. The number of ether oxygens (including phenoxy) is 1. The number of halogens is 3. The lowest BCUT2D eigenvalue weighted by molar-refractivity contribution is -0.192. The minimum atomic E-state index is -5.08. The van der Waals surface area contributed by atoms with Gasteiger partial charge in [0.25, 0.3) is 0 Å². The highest BCUT2D eigenvalue weighted by molar-refractivity contribution is 5.75. The third-order valence-electron chi connectivity index (χ3n) is 5.62. The number of urea groups is 1. The lowest BCUT2D eigenvalue weighted by Crippen LogP contribution is -2.50. The van der Waals surface area contributed by atoms with Gasteiger partial charge in [0, 0.05) is 32.2 Å². The zero-order valence-electron chi connectivity index (χ0n) is 16.7. The summed E-state index contributed by atoms with van der Waals surface area (Å²) in [5.74, 6) is -0.764. The third kappa shape index (κ3) is 5.25. The van der Waals surface area contributed by atoms with Gasteiger partial charge in [-0.25, -0.2) is 9.59 Å². The molecule has 0 aromatic carbocycles. The molecule has 0 saturated carbocycles. The Morgan fingerprint density at radius 3 is 2.30 bits per heavy atom. The summed E-state index contributed by atoms with van der Waals surface area (Å²) in [5.41, 5.74) is 0. The summed E-state index contributed by atoms with van der Waals surface area (Å²) in [6, 6.07) is 5.13. The number of aryl methyl sites for hydroxylation is 1. The lowest BCUT2D eigenvalue weighted by atomic mass is 10.1. The Balaban J connectivity index is 0.000000318. The molecule has 168 valence electrons. The molecular weight excluding hydrogens is 407 g/mol. The van der Waals surface area contributed by atoms with Crippen molar-refractivity contribution in [1.82, 2.24) is 14.7 Å². The second-order valence-corrected chi connectivity index (χ2v) is 7.57. The van der Waals surface area contributed by atoms with Crippen LogP contribution >= 0.6 is 0 Å². The molecule has 3 aliphatic heterocycles. The fraction of sp³-hybridized carbons (Fsp3) is 0.684. The molecule has 30 heavy (non-hydrogen) atoms. The van der Waals surface area contributed by atoms with E-state index in [0.717, 1.165) is 57.1 Å². The first kappa shape index (κ1) is 22.4. The Labute approximate surface area is 172 Å². The molecule has 0 aliphatic carbocycles. The number of aliphatic carboxylic acids is 1. The van der Waals surface area contributed by atoms with Crippen molar-refractivity contribution in [2.24, 2.45) is 0 Å².